The number of carbonyl (C=O) groups excluding carboxylic acids is 3. The lowest BCUT2D eigenvalue weighted by atomic mass is 10.1. The number of hydrogen-bond donors (Lipinski definition) is 3. The maximum Gasteiger partial charge on any atom is 0.329 e. The summed E-state index contributed by atoms with van der Waals surface area (Å²) in [7, 11) is 0. The molecule has 1 aliphatic heterocycles. The zero-order chi connectivity index (χ0) is 20.6. The fourth-order valence-corrected chi connectivity index (χ4v) is 2.67. The molecule has 2 aromatic carbocycles. The van der Waals surface area contributed by atoms with Gasteiger partial charge in [0.1, 0.15) is 5.75 Å². The molecular weight excluding hydrogens is 376 g/mol. The van der Waals surface area contributed by atoms with E-state index in [4.69, 9.17) is 4.74 Å². The molecule has 9 nitrogen and oxygen atoms in total. The van der Waals surface area contributed by atoms with E-state index in [1.165, 1.54) is 18.3 Å². The van der Waals surface area contributed by atoms with Crippen LogP contribution in [0.3, 0.4) is 0 Å². The Balaban J connectivity index is 1.61. The summed E-state index contributed by atoms with van der Waals surface area (Å²) >= 11 is 0. The van der Waals surface area contributed by atoms with Crippen molar-refractivity contribution in [3.8, 4) is 5.75 Å². The number of nitrogens with zero attached hydrogens (tertiary/aromatic N) is 2. The van der Waals surface area contributed by atoms with Gasteiger partial charge in [0.25, 0.3) is 5.91 Å². The Bertz CT molecular complexity index is 921. The number of nitrogens with one attached hydrogen (secondary N) is 2. The number of phenols is 1. The van der Waals surface area contributed by atoms with E-state index >= 15 is 0 Å². The smallest absolute Gasteiger partial charge is 0.329 e. The van der Waals surface area contributed by atoms with Gasteiger partial charge in [-0.25, -0.2) is 5.43 Å². The molecule has 0 bridgehead atoms. The highest BCUT2D eigenvalue weighted by molar-refractivity contribution is 6.40. The van der Waals surface area contributed by atoms with Crippen LogP contribution in [0.15, 0.2) is 53.6 Å². The quantitative estimate of drug-likeness (QED) is 0.404. The molecule has 3 N–H and O–H groups in total. The first-order valence-electron chi connectivity index (χ1n) is 8.94. The van der Waals surface area contributed by atoms with Gasteiger partial charge in [0.2, 0.25) is 0 Å². The van der Waals surface area contributed by atoms with E-state index in [-0.39, 0.29) is 17.3 Å². The van der Waals surface area contributed by atoms with Crippen LogP contribution in [0.4, 0.5) is 5.69 Å². The molecule has 2 aromatic rings. The monoisotopic (exact) mass is 396 g/mol. The number of amides is 3. The van der Waals surface area contributed by atoms with Crippen LogP contribution >= 0.6 is 0 Å². The fraction of sp³-hybridized carbons (Fsp3) is 0.200. The molecule has 150 valence electrons. The molecule has 1 saturated heterocycles. The van der Waals surface area contributed by atoms with Gasteiger partial charge in [-0.15, -0.1) is 0 Å². The summed E-state index contributed by atoms with van der Waals surface area (Å²) in [6.07, 6.45) is 1.33. The van der Waals surface area contributed by atoms with Crippen LogP contribution in [0.2, 0.25) is 0 Å². The number of ether oxygens (including phenoxy) is 1. The molecule has 29 heavy (non-hydrogen) atoms. The van der Waals surface area contributed by atoms with E-state index in [1.807, 2.05) is 0 Å². The maximum absolute atomic E-state index is 12.7. The summed E-state index contributed by atoms with van der Waals surface area (Å²) in [5.41, 5.74) is 3.29. The third kappa shape index (κ3) is 5.39. The fourth-order valence-electron chi connectivity index (χ4n) is 2.67. The van der Waals surface area contributed by atoms with Gasteiger partial charge >= 0.3 is 11.8 Å². The highest BCUT2D eigenvalue weighted by atomic mass is 16.5. The largest absolute Gasteiger partial charge is 0.508 e. The van der Waals surface area contributed by atoms with Gasteiger partial charge < -0.3 is 20.1 Å². The minimum absolute atomic E-state index is 0.107. The second-order valence-electron chi connectivity index (χ2n) is 6.19. The van der Waals surface area contributed by atoms with Crippen molar-refractivity contribution in [3.63, 3.8) is 0 Å². The van der Waals surface area contributed by atoms with E-state index in [0.717, 1.165) is 0 Å². The highest BCUT2D eigenvalue weighted by Gasteiger charge is 2.22. The number of hydrogen-bond acceptors (Lipinski definition) is 6. The van der Waals surface area contributed by atoms with Crippen LogP contribution in [0, 0.1) is 0 Å². The average Bonchev–Trinajstić information content (AvgIpc) is 2.75. The van der Waals surface area contributed by atoms with Gasteiger partial charge in [-0.3, -0.25) is 14.4 Å². The van der Waals surface area contributed by atoms with Gasteiger partial charge in [-0.05, 0) is 42.0 Å². The zero-order valence-corrected chi connectivity index (χ0v) is 15.5. The first-order valence-corrected chi connectivity index (χ1v) is 8.94. The first-order chi connectivity index (χ1) is 14.0. The van der Waals surface area contributed by atoms with E-state index in [0.29, 0.717) is 37.4 Å². The molecule has 3 rings (SSSR count). The lowest BCUT2D eigenvalue weighted by Gasteiger charge is -2.27. The number of para-hydroxylation sites is 1. The first kappa shape index (κ1) is 20.0. The summed E-state index contributed by atoms with van der Waals surface area (Å²) in [6.45, 7) is 1.85. The number of benzene rings is 2. The summed E-state index contributed by atoms with van der Waals surface area (Å²) in [5, 5.41) is 15.4. The van der Waals surface area contributed by atoms with Crippen LogP contribution in [-0.2, 0) is 14.3 Å². The van der Waals surface area contributed by atoms with Gasteiger partial charge in [-0.1, -0.05) is 12.1 Å². The number of phenolic OH excluding ortho intramolecular Hbond substituents is 1. The molecule has 0 spiro atoms. The van der Waals surface area contributed by atoms with E-state index in [2.05, 4.69) is 15.8 Å². The van der Waals surface area contributed by atoms with Crippen molar-refractivity contribution in [2.24, 2.45) is 5.10 Å². The predicted molar refractivity (Wildman–Crippen MR) is 106 cm³/mol. The Hall–Kier alpha value is -3.72. The van der Waals surface area contributed by atoms with Crippen molar-refractivity contribution in [2.45, 2.75) is 0 Å². The average molecular weight is 396 g/mol. The number of anilines is 1. The standard InChI is InChI=1S/C20H20N4O5/c25-15-7-5-14(6-8-15)13-21-23-19(27)18(26)22-17-4-2-1-3-16(17)20(28)24-9-11-29-12-10-24/h1-8,13,25H,9-12H2,(H,22,26)(H,23,27)/b21-13+. The molecule has 9 heteroatoms. The summed E-state index contributed by atoms with van der Waals surface area (Å²) in [5.74, 6) is -2.06. The lowest BCUT2D eigenvalue weighted by molar-refractivity contribution is -0.136. The second kappa shape index (κ2) is 9.47. The van der Waals surface area contributed by atoms with E-state index < -0.39 is 11.8 Å². The molecule has 0 unspecified atom stereocenters. The van der Waals surface area contributed by atoms with Gasteiger partial charge in [0.05, 0.1) is 30.7 Å². The molecule has 0 saturated carbocycles. The number of morpholine rings is 1. The predicted octanol–water partition coefficient (Wildman–Crippen LogP) is 0.953. The van der Waals surface area contributed by atoms with Crippen molar-refractivity contribution in [3.05, 3.63) is 59.7 Å². The minimum Gasteiger partial charge on any atom is -0.508 e. The van der Waals surface area contributed by atoms with E-state index in [1.54, 1.807) is 41.3 Å². The third-order valence-corrected chi connectivity index (χ3v) is 4.18. The SMILES string of the molecule is O=C(N/N=C/c1ccc(O)cc1)C(=O)Nc1ccccc1C(=O)N1CCOCC1. The van der Waals surface area contributed by atoms with Gasteiger partial charge in [0, 0.05) is 13.1 Å². The summed E-state index contributed by atoms with van der Waals surface area (Å²) < 4.78 is 5.24. The molecule has 3 amide bonds. The van der Waals surface area contributed by atoms with Crippen LogP contribution in [0.25, 0.3) is 0 Å². The lowest BCUT2D eigenvalue weighted by Crippen LogP contribution is -2.41. The highest BCUT2D eigenvalue weighted by Crippen LogP contribution is 2.18. The normalized spacial score (nSPS) is 13.9. The van der Waals surface area contributed by atoms with Crippen molar-refractivity contribution < 1.29 is 24.2 Å². The van der Waals surface area contributed by atoms with Crippen LogP contribution in [0.1, 0.15) is 15.9 Å². The topological polar surface area (TPSA) is 120 Å². The molecule has 0 radical (unpaired) electrons. The minimum atomic E-state index is -0.978. The molecule has 1 aliphatic rings. The number of hydrazone groups is 1. The molecule has 1 heterocycles. The number of rotatable bonds is 4. The van der Waals surface area contributed by atoms with Crippen molar-refractivity contribution in [2.75, 3.05) is 31.6 Å². The number of aromatic hydroxyl groups is 1. The van der Waals surface area contributed by atoms with Crippen molar-refractivity contribution >= 4 is 29.6 Å². The Morgan fingerprint density at radius 1 is 1.00 bits per heavy atom. The molecule has 1 fully saturated rings. The van der Waals surface area contributed by atoms with Crippen molar-refractivity contribution in [1.82, 2.24) is 10.3 Å². The molecule has 0 aliphatic carbocycles. The summed E-state index contributed by atoms with van der Waals surface area (Å²) in [4.78, 5) is 38.5. The molecule has 0 atom stereocenters. The maximum atomic E-state index is 12.7. The van der Waals surface area contributed by atoms with Crippen LogP contribution in [0.5, 0.6) is 5.75 Å². The molecular formula is C20H20N4O5. The Morgan fingerprint density at radius 3 is 2.41 bits per heavy atom. The van der Waals surface area contributed by atoms with Gasteiger partial charge in [0.15, 0.2) is 0 Å². The number of carbonyl (C=O) groups is 3. The Kier molecular flexibility index (Phi) is 6.54. The van der Waals surface area contributed by atoms with Gasteiger partial charge in [-0.2, -0.15) is 5.10 Å². The third-order valence-electron chi connectivity index (χ3n) is 4.18. The van der Waals surface area contributed by atoms with Crippen LogP contribution in [-0.4, -0.2) is 60.2 Å². The van der Waals surface area contributed by atoms with Crippen molar-refractivity contribution in [1.29, 1.82) is 0 Å². The van der Waals surface area contributed by atoms with Crippen LogP contribution < -0.4 is 10.7 Å². The molecule has 0 aromatic heterocycles. The Morgan fingerprint density at radius 2 is 1.69 bits per heavy atom. The van der Waals surface area contributed by atoms with E-state index in [9.17, 15) is 19.5 Å². The zero-order valence-electron chi connectivity index (χ0n) is 15.5. The Labute approximate surface area is 167 Å². The summed E-state index contributed by atoms with van der Waals surface area (Å²) in [6, 6.07) is 12.6. The second-order valence-corrected chi connectivity index (χ2v) is 6.19.